The number of anilines is 1. The number of nitrogens with zero attached hydrogens (tertiary/aromatic N) is 3. The zero-order chi connectivity index (χ0) is 14.4. The van der Waals surface area contributed by atoms with Gasteiger partial charge < -0.3 is 15.0 Å². The van der Waals surface area contributed by atoms with Gasteiger partial charge in [-0.15, -0.1) is 0 Å². The molecule has 0 atom stereocenters. The molecule has 1 aromatic rings. The zero-order valence-electron chi connectivity index (χ0n) is 12.3. The van der Waals surface area contributed by atoms with Crippen molar-refractivity contribution in [3.8, 4) is 0 Å². The second-order valence-electron chi connectivity index (χ2n) is 5.14. The number of aryl methyl sites for hydroxylation is 1. The molecule has 1 aliphatic heterocycles. The number of hydrogen-bond acceptors (Lipinski definition) is 5. The van der Waals surface area contributed by atoms with Crippen molar-refractivity contribution >= 4 is 17.4 Å². The Bertz CT molecular complexity index is 435. The molecule has 0 aromatic carbocycles. The predicted octanol–water partition coefficient (Wildman–Crippen LogP) is 2.27. The number of hydrogen-bond donors (Lipinski definition) is 1. The van der Waals surface area contributed by atoms with Gasteiger partial charge in [-0.1, -0.05) is 0 Å². The van der Waals surface area contributed by atoms with Gasteiger partial charge in [-0.2, -0.15) is 0 Å². The first-order valence-electron chi connectivity index (χ1n) is 7.21. The van der Waals surface area contributed by atoms with Crippen LogP contribution in [0.2, 0.25) is 5.28 Å². The van der Waals surface area contributed by atoms with Gasteiger partial charge in [0.05, 0.1) is 13.2 Å². The Morgan fingerprint density at radius 2 is 1.95 bits per heavy atom. The topological polar surface area (TPSA) is 50.3 Å². The average Bonchev–Trinajstić information content (AvgIpc) is 2.92. The Labute approximate surface area is 125 Å². The summed E-state index contributed by atoms with van der Waals surface area (Å²) in [4.78, 5) is 10.8. The molecule has 2 heterocycles. The summed E-state index contributed by atoms with van der Waals surface area (Å²) in [6, 6.07) is 0. The molecule has 0 aliphatic carbocycles. The van der Waals surface area contributed by atoms with E-state index in [9.17, 15) is 0 Å². The van der Waals surface area contributed by atoms with E-state index in [2.05, 4.69) is 20.2 Å². The molecule has 2 rings (SSSR count). The van der Waals surface area contributed by atoms with Crippen molar-refractivity contribution in [1.29, 1.82) is 0 Å². The third-order valence-electron chi connectivity index (χ3n) is 3.65. The van der Waals surface area contributed by atoms with Crippen LogP contribution in [0.1, 0.15) is 24.1 Å². The van der Waals surface area contributed by atoms with Crippen LogP contribution in [0.25, 0.3) is 0 Å². The van der Waals surface area contributed by atoms with Gasteiger partial charge in [0.25, 0.3) is 0 Å². The van der Waals surface area contributed by atoms with Crippen LogP contribution in [0.3, 0.4) is 0 Å². The van der Waals surface area contributed by atoms with Gasteiger partial charge in [0.2, 0.25) is 5.28 Å². The summed E-state index contributed by atoms with van der Waals surface area (Å²) < 4.78 is 5.64. The third kappa shape index (κ3) is 4.58. The second-order valence-corrected chi connectivity index (χ2v) is 5.48. The standard InChI is InChI=1S/C14H23ClN4O/c1-11-12(2)17-14(15)18-13(11)16-5-9-20-10-8-19-6-3-4-7-19/h3-10H2,1-2H3,(H,16,17,18). The van der Waals surface area contributed by atoms with Gasteiger partial charge in [-0.3, -0.25) is 0 Å². The number of nitrogens with one attached hydrogen (secondary N) is 1. The van der Waals surface area contributed by atoms with E-state index in [-0.39, 0.29) is 5.28 Å². The van der Waals surface area contributed by atoms with Crippen LogP contribution >= 0.6 is 11.6 Å². The fraction of sp³-hybridized carbons (Fsp3) is 0.714. The monoisotopic (exact) mass is 298 g/mol. The average molecular weight is 299 g/mol. The summed E-state index contributed by atoms with van der Waals surface area (Å²) in [7, 11) is 0. The van der Waals surface area contributed by atoms with Gasteiger partial charge >= 0.3 is 0 Å². The van der Waals surface area contributed by atoms with Gasteiger partial charge in [0.1, 0.15) is 5.82 Å². The fourth-order valence-electron chi connectivity index (χ4n) is 2.31. The van der Waals surface area contributed by atoms with E-state index in [1.807, 2.05) is 13.8 Å². The molecule has 20 heavy (non-hydrogen) atoms. The second kappa shape index (κ2) is 7.76. The summed E-state index contributed by atoms with van der Waals surface area (Å²) in [5.74, 6) is 0.797. The molecule has 1 aromatic heterocycles. The quantitative estimate of drug-likeness (QED) is 0.618. The normalized spacial score (nSPS) is 15.8. The number of aromatic nitrogens is 2. The molecule has 6 heteroatoms. The molecular weight excluding hydrogens is 276 g/mol. The maximum atomic E-state index is 5.86. The van der Waals surface area contributed by atoms with E-state index in [0.29, 0.717) is 6.61 Å². The van der Waals surface area contributed by atoms with Crippen LogP contribution in [0.5, 0.6) is 0 Å². The third-order valence-corrected chi connectivity index (χ3v) is 3.82. The van der Waals surface area contributed by atoms with Crippen molar-refractivity contribution in [2.24, 2.45) is 0 Å². The lowest BCUT2D eigenvalue weighted by Crippen LogP contribution is -2.25. The van der Waals surface area contributed by atoms with E-state index >= 15 is 0 Å². The molecule has 1 fully saturated rings. The van der Waals surface area contributed by atoms with E-state index in [1.54, 1.807) is 0 Å². The Morgan fingerprint density at radius 1 is 1.20 bits per heavy atom. The highest BCUT2D eigenvalue weighted by molar-refractivity contribution is 6.28. The van der Waals surface area contributed by atoms with Gasteiger partial charge in [-0.25, -0.2) is 9.97 Å². The first-order chi connectivity index (χ1) is 9.66. The SMILES string of the molecule is Cc1nc(Cl)nc(NCCOCCN2CCCC2)c1C. The first-order valence-corrected chi connectivity index (χ1v) is 7.59. The van der Waals surface area contributed by atoms with Crippen molar-refractivity contribution < 1.29 is 4.74 Å². The molecule has 0 spiro atoms. The molecule has 0 bridgehead atoms. The lowest BCUT2D eigenvalue weighted by Gasteiger charge is -2.14. The number of ether oxygens (including phenoxy) is 1. The summed E-state index contributed by atoms with van der Waals surface area (Å²) >= 11 is 5.86. The molecule has 0 unspecified atom stereocenters. The highest BCUT2D eigenvalue weighted by Crippen LogP contribution is 2.16. The maximum Gasteiger partial charge on any atom is 0.224 e. The molecular formula is C14H23ClN4O. The van der Waals surface area contributed by atoms with Crippen LogP contribution in [0.15, 0.2) is 0 Å². The smallest absolute Gasteiger partial charge is 0.224 e. The van der Waals surface area contributed by atoms with Crippen molar-refractivity contribution in [2.45, 2.75) is 26.7 Å². The Morgan fingerprint density at radius 3 is 2.70 bits per heavy atom. The first kappa shape index (κ1) is 15.5. The van der Waals surface area contributed by atoms with Crippen molar-refractivity contribution in [2.75, 3.05) is 44.7 Å². The molecule has 0 radical (unpaired) electrons. The molecule has 1 saturated heterocycles. The van der Waals surface area contributed by atoms with E-state index in [0.717, 1.165) is 36.8 Å². The van der Waals surface area contributed by atoms with Crippen molar-refractivity contribution in [3.63, 3.8) is 0 Å². The Kier molecular flexibility index (Phi) is 6.01. The van der Waals surface area contributed by atoms with Crippen LogP contribution in [-0.4, -0.2) is 54.3 Å². The number of halogens is 1. The molecule has 5 nitrogen and oxygen atoms in total. The molecule has 1 N–H and O–H groups in total. The summed E-state index contributed by atoms with van der Waals surface area (Å²) in [5, 5.41) is 3.53. The highest BCUT2D eigenvalue weighted by Gasteiger charge is 2.10. The Balaban J connectivity index is 1.63. The van der Waals surface area contributed by atoms with Gasteiger partial charge in [0, 0.05) is 24.3 Å². The summed E-state index contributed by atoms with van der Waals surface area (Å²) in [6.45, 7) is 9.60. The number of rotatable bonds is 7. The van der Waals surface area contributed by atoms with Crippen molar-refractivity contribution in [3.05, 3.63) is 16.5 Å². The molecule has 0 amide bonds. The van der Waals surface area contributed by atoms with Crippen LogP contribution in [0, 0.1) is 13.8 Å². The maximum absolute atomic E-state index is 5.86. The molecule has 0 saturated carbocycles. The lowest BCUT2D eigenvalue weighted by molar-refractivity contribution is 0.119. The van der Waals surface area contributed by atoms with Gasteiger partial charge in [0.15, 0.2) is 0 Å². The minimum Gasteiger partial charge on any atom is -0.378 e. The highest BCUT2D eigenvalue weighted by atomic mass is 35.5. The van der Waals surface area contributed by atoms with E-state index in [4.69, 9.17) is 16.3 Å². The summed E-state index contributed by atoms with van der Waals surface area (Å²) in [5.41, 5.74) is 1.94. The molecule has 112 valence electrons. The zero-order valence-corrected chi connectivity index (χ0v) is 13.0. The van der Waals surface area contributed by atoms with Crippen LogP contribution in [-0.2, 0) is 4.74 Å². The van der Waals surface area contributed by atoms with E-state index < -0.39 is 0 Å². The minimum atomic E-state index is 0.283. The van der Waals surface area contributed by atoms with Crippen molar-refractivity contribution in [1.82, 2.24) is 14.9 Å². The van der Waals surface area contributed by atoms with Crippen LogP contribution in [0.4, 0.5) is 5.82 Å². The summed E-state index contributed by atoms with van der Waals surface area (Å²) in [6.07, 6.45) is 2.66. The largest absolute Gasteiger partial charge is 0.378 e. The van der Waals surface area contributed by atoms with Crippen LogP contribution < -0.4 is 5.32 Å². The number of likely N-dealkylation sites (tertiary alicyclic amines) is 1. The fourth-order valence-corrected chi connectivity index (χ4v) is 2.52. The van der Waals surface area contributed by atoms with E-state index in [1.165, 1.54) is 25.9 Å². The molecule has 1 aliphatic rings. The predicted molar refractivity (Wildman–Crippen MR) is 81.5 cm³/mol. The Hall–Kier alpha value is -0.910. The van der Waals surface area contributed by atoms with Gasteiger partial charge in [-0.05, 0) is 51.4 Å². The minimum absolute atomic E-state index is 0.283. The lowest BCUT2D eigenvalue weighted by atomic mass is 10.2.